The number of rotatable bonds is 6. The second-order valence-electron chi connectivity index (χ2n) is 7.32. The van der Waals surface area contributed by atoms with E-state index in [1.54, 1.807) is 6.20 Å². The summed E-state index contributed by atoms with van der Waals surface area (Å²) in [5, 5.41) is 12.1. The van der Waals surface area contributed by atoms with E-state index in [0.717, 1.165) is 18.9 Å². The van der Waals surface area contributed by atoms with E-state index in [-0.39, 0.29) is 18.4 Å². The number of anilines is 1. The van der Waals surface area contributed by atoms with Crippen LogP contribution in [0.3, 0.4) is 0 Å². The molecule has 1 aliphatic carbocycles. The molecule has 3 heterocycles. The number of carbonyl (C=O) groups excluding carboxylic acids is 1. The summed E-state index contributed by atoms with van der Waals surface area (Å²) >= 11 is 0. The molecular formula is C18H23N5O3. The Balaban J connectivity index is 1.27. The number of aliphatic hydroxyl groups is 1. The molecular weight excluding hydrogens is 334 g/mol. The van der Waals surface area contributed by atoms with Crippen LogP contribution in [0.4, 0.5) is 5.82 Å². The number of fused-ring (bicyclic) bond motifs is 1. The molecule has 4 rings (SSSR count). The Morgan fingerprint density at radius 3 is 2.81 bits per heavy atom. The highest BCUT2D eigenvalue weighted by Crippen LogP contribution is 2.51. The first-order chi connectivity index (χ1) is 12.6. The van der Waals surface area contributed by atoms with E-state index >= 15 is 0 Å². The number of carbonyl (C=O) groups is 1. The van der Waals surface area contributed by atoms with Crippen LogP contribution >= 0.6 is 0 Å². The third kappa shape index (κ3) is 3.16. The zero-order chi connectivity index (χ0) is 18.3. The minimum absolute atomic E-state index is 0.149. The number of aromatic nitrogens is 3. The van der Waals surface area contributed by atoms with Gasteiger partial charge in [0.25, 0.3) is 5.91 Å². The highest BCUT2D eigenvalue weighted by atomic mass is 16.3. The van der Waals surface area contributed by atoms with E-state index < -0.39 is 0 Å². The van der Waals surface area contributed by atoms with Gasteiger partial charge in [-0.2, -0.15) is 0 Å². The molecule has 2 atom stereocenters. The van der Waals surface area contributed by atoms with Crippen molar-refractivity contribution in [3.8, 4) is 0 Å². The van der Waals surface area contributed by atoms with Crippen LogP contribution in [-0.2, 0) is 6.61 Å². The minimum atomic E-state index is -0.175. The lowest BCUT2D eigenvalue weighted by Crippen LogP contribution is -2.31. The molecule has 2 aromatic heterocycles. The molecule has 1 saturated carbocycles. The fourth-order valence-corrected chi connectivity index (χ4v) is 3.74. The predicted molar refractivity (Wildman–Crippen MR) is 93.6 cm³/mol. The van der Waals surface area contributed by atoms with Gasteiger partial charge >= 0.3 is 0 Å². The lowest BCUT2D eigenvalue weighted by Gasteiger charge is -2.21. The predicted octanol–water partition coefficient (Wildman–Crippen LogP) is 1.19. The van der Waals surface area contributed by atoms with Gasteiger partial charge in [0.05, 0.1) is 0 Å². The molecule has 2 unspecified atom stereocenters. The highest BCUT2D eigenvalue weighted by Gasteiger charge is 2.55. The average Bonchev–Trinajstić information content (AvgIpc) is 3.04. The monoisotopic (exact) mass is 357 g/mol. The van der Waals surface area contributed by atoms with Crippen molar-refractivity contribution in [2.45, 2.75) is 26.4 Å². The van der Waals surface area contributed by atoms with E-state index in [2.05, 4.69) is 25.2 Å². The Morgan fingerprint density at radius 2 is 2.15 bits per heavy atom. The Bertz CT molecular complexity index is 794. The highest BCUT2D eigenvalue weighted by molar-refractivity contribution is 5.91. The van der Waals surface area contributed by atoms with Crippen LogP contribution in [0.1, 0.15) is 42.0 Å². The van der Waals surface area contributed by atoms with Crippen molar-refractivity contribution in [1.29, 1.82) is 0 Å². The van der Waals surface area contributed by atoms with Crippen molar-refractivity contribution >= 4 is 11.7 Å². The number of amides is 1. The number of hydrogen-bond acceptors (Lipinski definition) is 7. The molecule has 1 aliphatic heterocycles. The van der Waals surface area contributed by atoms with E-state index in [1.165, 1.54) is 6.26 Å². The number of piperidine rings is 1. The summed E-state index contributed by atoms with van der Waals surface area (Å²) in [6, 6.07) is 1.87. The minimum Gasteiger partial charge on any atom is -0.448 e. The van der Waals surface area contributed by atoms with Crippen molar-refractivity contribution in [3.05, 3.63) is 35.9 Å². The maximum atomic E-state index is 12.2. The van der Waals surface area contributed by atoms with E-state index in [4.69, 9.17) is 9.52 Å². The summed E-state index contributed by atoms with van der Waals surface area (Å²) in [7, 11) is 0. The third-order valence-electron chi connectivity index (χ3n) is 5.27. The summed E-state index contributed by atoms with van der Waals surface area (Å²) < 4.78 is 5.32. The molecule has 1 saturated heterocycles. The van der Waals surface area contributed by atoms with Gasteiger partial charge in [-0.3, -0.25) is 4.79 Å². The Kier molecular flexibility index (Phi) is 4.36. The molecule has 2 N–H and O–H groups in total. The largest absolute Gasteiger partial charge is 0.448 e. The number of oxazole rings is 1. The number of nitrogens with one attached hydrogen (secondary N) is 1. The molecule has 8 nitrogen and oxygen atoms in total. The molecule has 2 fully saturated rings. The third-order valence-corrected chi connectivity index (χ3v) is 5.27. The lowest BCUT2D eigenvalue weighted by molar-refractivity contribution is 0.0945. The van der Waals surface area contributed by atoms with Gasteiger partial charge in [0.1, 0.15) is 18.7 Å². The molecule has 1 amide bonds. The summed E-state index contributed by atoms with van der Waals surface area (Å²) in [4.78, 5) is 27.0. The van der Waals surface area contributed by atoms with Crippen LogP contribution in [-0.4, -0.2) is 45.6 Å². The number of hydrogen-bond donors (Lipinski definition) is 2. The van der Waals surface area contributed by atoms with Crippen molar-refractivity contribution in [1.82, 2.24) is 20.3 Å². The number of aliphatic hydroxyl groups excluding tert-OH is 1. The second-order valence-corrected chi connectivity index (χ2v) is 7.32. The summed E-state index contributed by atoms with van der Waals surface area (Å²) in [6.07, 6.45) is 3.10. The van der Waals surface area contributed by atoms with Crippen molar-refractivity contribution in [3.63, 3.8) is 0 Å². The lowest BCUT2D eigenvalue weighted by atomic mass is 10.2. The molecule has 8 heteroatoms. The first-order valence-electron chi connectivity index (χ1n) is 8.98. The van der Waals surface area contributed by atoms with E-state index in [0.29, 0.717) is 41.7 Å². The average molecular weight is 357 g/mol. The fourth-order valence-electron chi connectivity index (χ4n) is 3.74. The molecule has 0 aromatic carbocycles. The van der Waals surface area contributed by atoms with Gasteiger partial charge in [-0.05, 0) is 23.8 Å². The van der Waals surface area contributed by atoms with Gasteiger partial charge < -0.3 is 19.7 Å². The van der Waals surface area contributed by atoms with Crippen LogP contribution in [0, 0.1) is 17.8 Å². The molecule has 2 aliphatic rings. The molecule has 0 bridgehead atoms. The maximum Gasteiger partial charge on any atom is 0.273 e. The molecule has 138 valence electrons. The van der Waals surface area contributed by atoms with Gasteiger partial charge in [-0.15, -0.1) is 0 Å². The van der Waals surface area contributed by atoms with Gasteiger partial charge in [0, 0.05) is 31.7 Å². The first kappa shape index (κ1) is 17.0. The van der Waals surface area contributed by atoms with Crippen LogP contribution in [0.25, 0.3) is 0 Å². The maximum absolute atomic E-state index is 12.2. The van der Waals surface area contributed by atoms with Crippen molar-refractivity contribution in [2.75, 3.05) is 24.5 Å². The van der Waals surface area contributed by atoms with E-state index in [9.17, 15) is 4.79 Å². The summed E-state index contributed by atoms with van der Waals surface area (Å²) in [5.41, 5.74) is 0.346. The smallest absolute Gasteiger partial charge is 0.273 e. The second kappa shape index (κ2) is 6.68. The topological polar surface area (TPSA) is 104 Å². The Morgan fingerprint density at radius 1 is 1.38 bits per heavy atom. The van der Waals surface area contributed by atoms with Gasteiger partial charge in [-0.1, -0.05) is 13.8 Å². The van der Waals surface area contributed by atoms with Gasteiger partial charge in [-0.25, -0.2) is 15.0 Å². The Labute approximate surface area is 151 Å². The number of nitrogens with zero attached hydrogens (tertiary/aromatic N) is 4. The van der Waals surface area contributed by atoms with Gasteiger partial charge in [0.2, 0.25) is 0 Å². The molecule has 0 spiro atoms. The van der Waals surface area contributed by atoms with Gasteiger partial charge in [0.15, 0.2) is 17.4 Å². The zero-order valence-electron chi connectivity index (χ0n) is 14.9. The zero-order valence-corrected chi connectivity index (χ0v) is 14.9. The van der Waals surface area contributed by atoms with Crippen molar-refractivity contribution < 1.29 is 14.3 Å². The van der Waals surface area contributed by atoms with Crippen molar-refractivity contribution in [2.24, 2.45) is 17.8 Å². The van der Waals surface area contributed by atoms with Crippen LogP contribution in [0.2, 0.25) is 0 Å². The SMILES string of the molecule is CC(C)c1nc(C(=O)NCC2C3CN(c4ccnc(CO)n4)CC23)co1. The normalized spacial score (nSPS) is 24.0. The Hall–Kier alpha value is -2.48. The quantitative estimate of drug-likeness (QED) is 0.800. The standard InChI is InChI=1S/C18H23N5O3/c1-10(2)18-21-14(9-26-18)17(25)20-5-11-12-6-23(7-13(11)12)16-3-4-19-15(8-24)22-16/h3-4,9-13,24H,5-8H2,1-2H3,(H,20,25). The summed E-state index contributed by atoms with van der Waals surface area (Å²) in [6.45, 7) is 6.32. The molecule has 2 aromatic rings. The molecule has 26 heavy (non-hydrogen) atoms. The first-order valence-corrected chi connectivity index (χ1v) is 8.98. The van der Waals surface area contributed by atoms with E-state index in [1.807, 2.05) is 19.9 Å². The molecule has 0 radical (unpaired) electrons. The fraction of sp³-hybridized carbons (Fsp3) is 0.556. The van der Waals surface area contributed by atoms with Crippen LogP contribution in [0.5, 0.6) is 0 Å². The summed E-state index contributed by atoms with van der Waals surface area (Å²) in [5.74, 6) is 3.54. The van der Waals surface area contributed by atoms with Crippen LogP contribution < -0.4 is 10.2 Å². The van der Waals surface area contributed by atoms with Crippen LogP contribution in [0.15, 0.2) is 22.9 Å².